The zero-order chi connectivity index (χ0) is 34.3. The Balaban J connectivity index is 1.31. The molecule has 4 aliphatic rings. The lowest BCUT2D eigenvalue weighted by molar-refractivity contribution is 0.0131. The van der Waals surface area contributed by atoms with Gasteiger partial charge in [-0.3, -0.25) is 19.0 Å². The number of methoxy groups -OCH3 is 1. The maximum Gasteiger partial charge on any atom is 0.286 e. The average molecular weight is 706 g/mol. The van der Waals surface area contributed by atoms with Crippen LogP contribution in [0, 0.1) is 17.8 Å². The second-order valence-electron chi connectivity index (χ2n) is 14.3. The fraction of sp³-hybridized carbons (Fsp3) is 0.486. The van der Waals surface area contributed by atoms with Crippen molar-refractivity contribution in [1.82, 2.24) is 14.5 Å². The van der Waals surface area contributed by atoms with Crippen LogP contribution in [0.25, 0.3) is 0 Å². The number of hydrogen-bond donors (Lipinski definition) is 1. The van der Waals surface area contributed by atoms with E-state index >= 15 is 0 Å². The number of ether oxygens (including phenoxy) is 2. The van der Waals surface area contributed by atoms with Crippen molar-refractivity contribution in [3.8, 4) is 5.75 Å². The molecule has 0 radical (unpaired) electrons. The van der Waals surface area contributed by atoms with Gasteiger partial charge in [-0.15, -0.1) is 4.36 Å². The van der Waals surface area contributed by atoms with Crippen LogP contribution in [0.2, 0.25) is 5.02 Å². The monoisotopic (exact) mass is 705 g/mol. The summed E-state index contributed by atoms with van der Waals surface area (Å²) < 4.78 is 35.4. The summed E-state index contributed by atoms with van der Waals surface area (Å²) >= 11 is 6.45. The van der Waals surface area contributed by atoms with Crippen LogP contribution in [0.3, 0.4) is 0 Å². The maximum absolute atomic E-state index is 14.4. The molecule has 1 aromatic heterocycles. The van der Waals surface area contributed by atoms with Gasteiger partial charge in [-0.25, -0.2) is 4.21 Å². The maximum atomic E-state index is 14.4. The topological polar surface area (TPSA) is 115 Å². The highest BCUT2D eigenvalue weighted by atomic mass is 35.5. The van der Waals surface area contributed by atoms with Gasteiger partial charge in [0, 0.05) is 49.4 Å². The summed E-state index contributed by atoms with van der Waals surface area (Å²) in [6.07, 6.45) is 12.8. The quantitative estimate of drug-likeness (QED) is 0.326. The minimum atomic E-state index is -3.51. The van der Waals surface area contributed by atoms with E-state index in [1.165, 1.54) is 28.2 Å². The van der Waals surface area contributed by atoms with Gasteiger partial charge in [0.1, 0.15) is 15.7 Å². The predicted octanol–water partition coefficient (Wildman–Crippen LogP) is 6.14. The number of nitrogens with one attached hydrogen (secondary N) is 1. The molecule has 2 amide bonds. The summed E-state index contributed by atoms with van der Waals surface area (Å²) in [6, 6.07) is 11.6. The van der Waals surface area contributed by atoms with Gasteiger partial charge in [-0.2, -0.15) is 5.10 Å². The van der Waals surface area contributed by atoms with Crippen molar-refractivity contribution in [2.24, 2.45) is 29.2 Å². The molecule has 7 rings (SSSR count). The number of carbonyl (C=O) groups excluding carboxylic acids is 2. The zero-order valence-electron chi connectivity index (χ0n) is 28.3. The van der Waals surface area contributed by atoms with E-state index in [4.69, 9.17) is 21.1 Å². The number of aromatic nitrogens is 2. The van der Waals surface area contributed by atoms with Crippen molar-refractivity contribution in [2.75, 3.05) is 37.5 Å². The third-order valence-electron chi connectivity index (χ3n) is 10.7. The van der Waals surface area contributed by atoms with Crippen molar-refractivity contribution in [3.05, 3.63) is 88.2 Å². The molecule has 1 unspecified atom stereocenters. The smallest absolute Gasteiger partial charge is 0.286 e. The molecule has 3 aromatic rings. The Morgan fingerprint density at radius 2 is 2.06 bits per heavy atom. The highest BCUT2D eigenvalue weighted by Crippen LogP contribution is 2.47. The van der Waals surface area contributed by atoms with Crippen LogP contribution >= 0.6 is 11.6 Å². The lowest BCUT2D eigenvalue weighted by Gasteiger charge is -2.46. The van der Waals surface area contributed by atoms with Gasteiger partial charge in [-0.1, -0.05) is 36.7 Å². The molecule has 2 aliphatic carbocycles. The number of halogens is 1. The molecule has 12 heteroatoms. The first kappa shape index (κ1) is 33.8. The van der Waals surface area contributed by atoms with Gasteiger partial charge in [0.05, 0.1) is 35.9 Å². The molecule has 6 atom stereocenters. The number of allylic oxidation sites excluding steroid dienone is 1. The first-order valence-electron chi connectivity index (χ1n) is 17.1. The van der Waals surface area contributed by atoms with Crippen molar-refractivity contribution in [1.29, 1.82) is 0 Å². The van der Waals surface area contributed by atoms with Crippen molar-refractivity contribution in [3.63, 3.8) is 0 Å². The molecule has 1 spiro atoms. The Labute approximate surface area is 293 Å². The third-order valence-corrected chi connectivity index (χ3v) is 13.0. The van der Waals surface area contributed by atoms with Gasteiger partial charge in [0.25, 0.3) is 11.8 Å². The first-order chi connectivity index (χ1) is 23.5. The Hall–Kier alpha value is -3.67. The third kappa shape index (κ3) is 6.90. The van der Waals surface area contributed by atoms with E-state index in [0.29, 0.717) is 36.2 Å². The molecule has 1 fully saturated rings. The van der Waals surface area contributed by atoms with Crippen LogP contribution < -0.4 is 14.4 Å². The van der Waals surface area contributed by atoms with Gasteiger partial charge in [-0.05, 0) is 97.7 Å². The Morgan fingerprint density at radius 3 is 2.82 bits per heavy atom. The van der Waals surface area contributed by atoms with Crippen LogP contribution in [0.5, 0.6) is 5.75 Å². The van der Waals surface area contributed by atoms with E-state index in [1.807, 2.05) is 25.1 Å². The molecule has 3 heterocycles. The number of carbonyl (C=O) groups is 2. The van der Waals surface area contributed by atoms with Crippen LogP contribution in [0.4, 0.5) is 5.69 Å². The normalized spacial score (nSPS) is 30.5. The molecular weight excluding hydrogens is 662 g/mol. The van der Waals surface area contributed by atoms with E-state index in [2.05, 4.69) is 43.4 Å². The predicted molar refractivity (Wildman–Crippen MR) is 191 cm³/mol. The minimum Gasteiger partial charge on any atom is -0.490 e. The van der Waals surface area contributed by atoms with E-state index in [0.717, 1.165) is 55.9 Å². The summed E-state index contributed by atoms with van der Waals surface area (Å²) in [4.78, 5) is 29.5. The number of aryl methyl sites for hydroxylation is 2. The molecule has 2 aliphatic heterocycles. The molecule has 0 saturated heterocycles. The molecule has 10 nitrogen and oxygen atoms in total. The second-order valence-corrected chi connectivity index (χ2v) is 16.7. The fourth-order valence-electron chi connectivity index (χ4n) is 8.11. The summed E-state index contributed by atoms with van der Waals surface area (Å²) in [5.74, 6) is 0.0569. The van der Waals surface area contributed by atoms with Crippen molar-refractivity contribution in [2.45, 2.75) is 57.0 Å². The number of hydrogen-bond acceptors (Lipinski definition) is 7. The van der Waals surface area contributed by atoms with Gasteiger partial charge in [0.2, 0.25) is 0 Å². The molecule has 260 valence electrons. The van der Waals surface area contributed by atoms with E-state index in [9.17, 15) is 13.8 Å². The summed E-state index contributed by atoms with van der Waals surface area (Å²) in [5, 5.41) is 4.80. The molecule has 2 bridgehead atoms. The van der Waals surface area contributed by atoms with Gasteiger partial charge >= 0.3 is 0 Å². The second kappa shape index (κ2) is 13.6. The van der Waals surface area contributed by atoms with Crippen LogP contribution in [-0.4, -0.2) is 64.5 Å². The number of nitrogens with zero attached hydrogens (tertiary/aromatic N) is 4. The highest BCUT2D eigenvalue weighted by molar-refractivity contribution is 7.92. The summed E-state index contributed by atoms with van der Waals surface area (Å²) in [6.45, 7) is 3.95. The SMILES string of the molecule is CO[C@H]1/C=C\C[C@H](C)CS(=O)(NC(=O)c2cnn(C)c2)=NC(=O)c2ccc3c(c2)N(C[C@@H]2CC[C@H]21)C[C@@]1(CCCc2cc(Cl)ccc21)CO3. The largest absolute Gasteiger partial charge is 0.490 e. The summed E-state index contributed by atoms with van der Waals surface area (Å²) in [5.41, 5.74) is 3.63. The standard InChI is InChI=1S/C37H44ClN5O5S/c1-24-6-4-8-33(47-3)30-12-9-27(30)20-43-22-37(15-5-7-25-16-29(38)11-13-31(25)37)23-48-34-14-10-26(17-32(34)43)35(44)40-49(46,21-24)41-36(45)28-18-39-42(2)19-28/h4,8,10-11,13-14,16-19,24,27,30,33H,5-7,9,12,15,20-23H2,1-3H3,(H,40,41,44,45,46)/b8-4-/t24-,27-,30+,33-,37-,49?/m0/s1. The van der Waals surface area contributed by atoms with Crippen LogP contribution in [-0.2, 0) is 33.5 Å². The summed E-state index contributed by atoms with van der Waals surface area (Å²) in [7, 11) is -0.0568. The molecular formula is C37H44ClN5O5S. The molecule has 49 heavy (non-hydrogen) atoms. The van der Waals surface area contributed by atoms with Crippen molar-refractivity contribution >= 4 is 39.0 Å². The Morgan fingerprint density at radius 1 is 1.20 bits per heavy atom. The van der Waals surface area contributed by atoms with E-state index in [1.54, 1.807) is 20.2 Å². The molecule has 2 aromatic carbocycles. The number of rotatable bonds is 3. The number of amides is 2. The van der Waals surface area contributed by atoms with E-state index in [-0.39, 0.29) is 28.8 Å². The highest BCUT2D eigenvalue weighted by Gasteiger charge is 2.44. The lowest BCUT2D eigenvalue weighted by atomic mass is 9.68. The number of fused-ring (bicyclic) bond motifs is 4. The van der Waals surface area contributed by atoms with Gasteiger partial charge in [0.15, 0.2) is 0 Å². The molecule has 1 saturated carbocycles. The van der Waals surface area contributed by atoms with Crippen LogP contribution in [0.1, 0.15) is 70.9 Å². The van der Waals surface area contributed by atoms with Crippen molar-refractivity contribution < 1.29 is 23.3 Å². The Bertz CT molecular complexity index is 1920. The van der Waals surface area contributed by atoms with E-state index < -0.39 is 21.7 Å². The molecule has 1 N–H and O–H groups in total. The first-order valence-corrected chi connectivity index (χ1v) is 19.2. The zero-order valence-corrected chi connectivity index (χ0v) is 29.8. The number of benzene rings is 2. The van der Waals surface area contributed by atoms with Gasteiger partial charge < -0.3 is 14.4 Å². The fourth-order valence-corrected chi connectivity index (χ4v) is 10.2. The number of anilines is 1. The van der Waals surface area contributed by atoms with Crippen LogP contribution in [0.15, 0.2) is 65.3 Å². The minimum absolute atomic E-state index is 0.00487. The lowest BCUT2D eigenvalue weighted by Crippen LogP contribution is -2.49. The Kier molecular flexibility index (Phi) is 9.36. The average Bonchev–Trinajstić information content (AvgIpc) is 3.43.